The molecule has 0 aliphatic carbocycles. The summed E-state index contributed by atoms with van der Waals surface area (Å²) in [7, 11) is 0. The van der Waals surface area contributed by atoms with E-state index in [1.165, 1.54) is 0 Å². The fourth-order valence-corrected chi connectivity index (χ4v) is 6.07. The van der Waals surface area contributed by atoms with Crippen LogP contribution >= 0.6 is 0 Å². The molecule has 0 unspecified atom stereocenters. The maximum atomic E-state index is 13.6. The number of aromatic nitrogens is 1. The first-order chi connectivity index (χ1) is 19.7. The van der Waals surface area contributed by atoms with Crippen LogP contribution in [-0.2, 0) is 0 Å². The monoisotopic (exact) mass is 513 g/mol. The summed E-state index contributed by atoms with van der Waals surface area (Å²) >= 11 is 0. The van der Waals surface area contributed by atoms with Crippen molar-refractivity contribution in [3.05, 3.63) is 151 Å². The van der Waals surface area contributed by atoms with Gasteiger partial charge in [-0.2, -0.15) is 0 Å². The Hall–Kier alpha value is -5.21. The Morgan fingerprint density at radius 2 is 0.900 bits per heavy atom. The molecule has 0 aliphatic rings. The van der Waals surface area contributed by atoms with Gasteiger partial charge in [-0.3, -0.25) is 4.79 Å². The number of carbonyl (C=O) groups is 1. The van der Waals surface area contributed by atoms with Crippen LogP contribution in [0.1, 0.15) is 17.3 Å². The average molecular weight is 514 g/mol. The predicted molar refractivity (Wildman–Crippen MR) is 167 cm³/mol. The summed E-state index contributed by atoms with van der Waals surface area (Å²) in [6.45, 7) is 1.69. The molecule has 190 valence electrons. The van der Waals surface area contributed by atoms with E-state index in [9.17, 15) is 4.79 Å². The van der Waals surface area contributed by atoms with Crippen LogP contribution in [0.4, 0.5) is 0 Å². The van der Waals surface area contributed by atoms with Gasteiger partial charge in [-0.15, -0.1) is 0 Å². The molecular weight excluding hydrogens is 486 g/mol. The fraction of sp³-hybridized carbons (Fsp3) is 0.0263. The van der Waals surface area contributed by atoms with E-state index >= 15 is 0 Å². The molecule has 0 fully saturated rings. The first-order valence-electron chi connectivity index (χ1n) is 13.6. The molecule has 0 spiro atoms. The minimum Gasteiger partial charge on any atom is -0.307 e. The van der Waals surface area contributed by atoms with Crippen molar-refractivity contribution in [1.82, 2.24) is 4.40 Å². The molecule has 2 nitrogen and oxygen atoms in total. The molecule has 0 bridgehead atoms. The molecular formula is C38H27NO. The van der Waals surface area contributed by atoms with Crippen LogP contribution in [0.5, 0.6) is 0 Å². The quantitative estimate of drug-likeness (QED) is 0.210. The van der Waals surface area contributed by atoms with Crippen LogP contribution in [0.25, 0.3) is 61.1 Å². The van der Waals surface area contributed by atoms with Crippen LogP contribution < -0.4 is 0 Å². The molecule has 0 radical (unpaired) electrons. The highest BCUT2D eigenvalue weighted by Crippen LogP contribution is 2.50. The van der Waals surface area contributed by atoms with Crippen molar-refractivity contribution < 1.29 is 4.79 Å². The van der Waals surface area contributed by atoms with Gasteiger partial charge >= 0.3 is 0 Å². The maximum Gasteiger partial charge on any atom is 0.162 e. The van der Waals surface area contributed by atoms with Crippen molar-refractivity contribution in [3.63, 3.8) is 0 Å². The van der Waals surface area contributed by atoms with Gasteiger partial charge < -0.3 is 4.40 Å². The van der Waals surface area contributed by atoms with Gasteiger partial charge in [0.15, 0.2) is 5.78 Å². The molecule has 0 saturated heterocycles. The normalized spacial score (nSPS) is 11.2. The number of hydrogen-bond donors (Lipinski definition) is 0. The summed E-state index contributed by atoms with van der Waals surface area (Å²) in [5.74, 6) is 0.0568. The topological polar surface area (TPSA) is 21.5 Å². The molecule has 0 amide bonds. The molecule has 0 atom stereocenters. The molecule has 0 aliphatic heterocycles. The molecule has 2 heteroatoms. The Bertz CT molecular complexity index is 1990. The number of nitrogens with zero attached hydrogens (tertiary/aromatic N) is 1. The molecule has 0 saturated carbocycles. The third-order valence-corrected chi connectivity index (χ3v) is 7.66. The van der Waals surface area contributed by atoms with E-state index in [1.54, 1.807) is 6.92 Å². The lowest BCUT2D eigenvalue weighted by atomic mass is 9.84. The second kappa shape index (κ2) is 9.83. The highest BCUT2D eigenvalue weighted by molar-refractivity contribution is 6.20. The summed E-state index contributed by atoms with van der Waals surface area (Å²) in [6.07, 6.45) is 0. The number of fused-ring (bicyclic) bond motifs is 3. The summed E-state index contributed by atoms with van der Waals surface area (Å²) in [5.41, 5.74) is 11.5. The second-order valence-corrected chi connectivity index (χ2v) is 10.1. The van der Waals surface area contributed by atoms with Crippen LogP contribution in [0, 0.1) is 0 Å². The SMILES string of the molecule is CC(=O)c1c2ccccc2n2c(-c3ccccc3)c(-c3ccccc3)c(-c3ccccc3)c(-c3ccccc3)c12. The largest absolute Gasteiger partial charge is 0.307 e. The fourth-order valence-electron chi connectivity index (χ4n) is 6.07. The van der Waals surface area contributed by atoms with E-state index in [4.69, 9.17) is 0 Å². The van der Waals surface area contributed by atoms with Crippen molar-refractivity contribution in [1.29, 1.82) is 0 Å². The molecule has 5 aromatic carbocycles. The molecule has 40 heavy (non-hydrogen) atoms. The predicted octanol–water partition coefficient (Wildman–Crippen LogP) is 9.96. The van der Waals surface area contributed by atoms with Gasteiger partial charge in [-0.1, -0.05) is 140 Å². The Balaban J connectivity index is 1.87. The smallest absolute Gasteiger partial charge is 0.162 e. The second-order valence-electron chi connectivity index (χ2n) is 10.1. The van der Waals surface area contributed by atoms with Crippen molar-refractivity contribution >= 4 is 22.2 Å². The van der Waals surface area contributed by atoms with Crippen molar-refractivity contribution in [2.75, 3.05) is 0 Å². The molecule has 2 heterocycles. The van der Waals surface area contributed by atoms with Gasteiger partial charge in [0, 0.05) is 22.1 Å². The Kier molecular flexibility index (Phi) is 5.87. The van der Waals surface area contributed by atoms with Crippen LogP contribution in [0.3, 0.4) is 0 Å². The van der Waals surface area contributed by atoms with Gasteiger partial charge in [0.2, 0.25) is 0 Å². The summed E-state index contributed by atoms with van der Waals surface area (Å²) in [6, 6.07) is 50.5. The van der Waals surface area contributed by atoms with Crippen molar-refractivity contribution in [2.45, 2.75) is 6.92 Å². The van der Waals surface area contributed by atoms with Gasteiger partial charge in [0.25, 0.3) is 0 Å². The number of hydrogen-bond acceptors (Lipinski definition) is 1. The Morgan fingerprint density at radius 1 is 0.475 bits per heavy atom. The molecule has 7 rings (SSSR count). The average Bonchev–Trinajstić information content (AvgIpc) is 3.37. The van der Waals surface area contributed by atoms with Crippen molar-refractivity contribution in [2.24, 2.45) is 0 Å². The van der Waals surface area contributed by atoms with Crippen LogP contribution in [0.2, 0.25) is 0 Å². The zero-order chi connectivity index (χ0) is 27.1. The van der Waals surface area contributed by atoms with E-state index in [1.807, 2.05) is 18.2 Å². The number of carbonyl (C=O) groups excluding carboxylic acids is 1. The number of rotatable bonds is 5. The maximum absolute atomic E-state index is 13.6. The molecule has 0 N–H and O–H groups in total. The number of Topliss-reactive ketones (excluding diaryl/α,β-unsaturated/α-hetero) is 1. The van der Waals surface area contributed by atoms with E-state index in [2.05, 4.69) is 132 Å². The summed E-state index contributed by atoms with van der Waals surface area (Å²) < 4.78 is 2.33. The Labute approximate surface area is 233 Å². The first-order valence-corrected chi connectivity index (χ1v) is 13.6. The lowest BCUT2D eigenvalue weighted by molar-refractivity contribution is 0.102. The standard InChI is InChI=1S/C38H27NO/c1-26(40)33-31-24-14-15-25-32(31)39-37(30-22-12-5-13-23-30)35(28-18-8-3-9-19-28)34(27-16-6-2-7-17-27)36(38(33)39)29-20-10-4-11-21-29/h2-25H,1H3. The molecule has 2 aromatic heterocycles. The minimum absolute atomic E-state index is 0.0568. The number of para-hydroxylation sites is 1. The zero-order valence-corrected chi connectivity index (χ0v) is 22.2. The van der Waals surface area contributed by atoms with Crippen molar-refractivity contribution in [3.8, 4) is 44.6 Å². The lowest BCUT2D eigenvalue weighted by Gasteiger charge is -2.24. The number of ketones is 1. The van der Waals surface area contributed by atoms with Gasteiger partial charge in [0.1, 0.15) is 0 Å². The van der Waals surface area contributed by atoms with E-state index in [0.29, 0.717) is 0 Å². The van der Waals surface area contributed by atoms with Gasteiger partial charge in [-0.25, -0.2) is 0 Å². The van der Waals surface area contributed by atoms with E-state index < -0.39 is 0 Å². The van der Waals surface area contributed by atoms with Gasteiger partial charge in [-0.05, 0) is 35.2 Å². The number of benzene rings is 5. The third kappa shape index (κ3) is 3.77. The zero-order valence-electron chi connectivity index (χ0n) is 22.2. The highest BCUT2D eigenvalue weighted by Gasteiger charge is 2.29. The first kappa shape index (κ1) is 23.9. The van der Waals surface area contributed by atoms with Gasteiger partial charge in [0.05, 0.1) is 22.3 Å². The lowest BCUT2D eigenvalue weighted by Crippen LogP contribution is -2.04. The summed E-state index contributed by atoms with van der Waals surface area (Å²) in [5, 5.41) is 0.966. The van der Waals surface area contributed by atoms with E-state index in [0.717, 1.165) is 66.6 Å². The minimum atomic E-state index is 0.0568. The molecule has 7 aromatic rings. The van der Waals surface area contributed by atoms with Crippen LogP contribution in [-0.4, -0.2) is 10.2 Å². The van der Waals surface area contributed by atoms with E-state index in [-0.39, 0.29) is 5.78 Å². The Morgan fingerprint density at radius 3 is 1.43 bits per heavy atom. The third-order valence-electron chi connectivity index (χ3n) is 7.66. The number of pyridine rings is 1. The summed E-state index contributed by atoms with van der Waals surface area (Å²) in [4.78, 5) is 13.6. The van der Waals surface area contributed by atoms with Crippen LogP contribution in [0.15, 0.2) is 146 Å². The highest BCUT2D eigenvalue weighted by atomic mass is 16.1.